The van der Waals surface area contributed by atoms with Gasteiger partial charge in [0.1, 0.15) is 41.4 Å². The van der Waals surface area contributed by atoms with E-state index in [0.29, 0.717) is 54.6 Å². The molecule has 2 heterocycles. The quantitative estimate of drug-likeness (QED) is 0.174. The van der Waals surface area contributed by atoms with Gasteiger partial charge in [0.05, 0.1) is 18.0 Å². The van der Waals surface area contributed by atoms with Gasteiger partial charge in [-0.25, -0.2) is 4.39 Å². The second kappa shape index (κ2) is 13.0. The Balaban J connectivity index is 0.000000367. The number of fused-ring (bicyclic) bond motifs is 1. The molecule has 8 heteroatoms. The smallest absolute Gasteiger partial charge is 0.215 e. The maximum Gasteiger partial charge on any atom is 0.215 e. The lowest BCUT2D eigenvalue weighted by Gasteiger charge is -2.37. The van der Waals surface area contributed by atoms with Gasteiger partial charge in [-0.15, -0.1) is 0 Å². The van der Waals surface area contributed by atoms with E-state index < -0.39 is 11.9 Å². The summed E-state index contributed by atoms with van der Waals surface area (Å²) in [5.41, 5.74) is 4.90. The molecule has 0 aliphatic carbocycles. The second-order valence-electron chi connectivity index (χ2n) is 11.8. The third kappa shape index (κ3) is 6.68. The van der Waals surface area contributed by atoms with Gasteiger partial charge in [-0.3, -0.25) is 9.69 Å². The Labute approximate surface area is 262 Å². The summed E-state index contributed by atoms with van der Waals surface area (Å²) in [5, 5.41) is 14.7. The third-order valence-electron chi connectivity index (χ3n) is 7.69. The number of phenols is 1. The minimum Gasteiger partial charge on any atom is -0.506 e. The molecule has 2 N–H and O–H groups in total. The highest BCUT2D eigenvalue weighted by atomic mass is 35.5. The number of anilines is 2. The van der Waals surface area contributed by atoms with Crippen LogP contribution in [-0.4, -0.2) is 18.1 Å². The van der Waals surface area contributed by atoms with Crippen molar-refractivity contribution in [2.45, 2.75) is 46.8 Å². The van der Waals surface area contributed by atoms with Crippen LogP contribution < -0.4 is 15.0 Å². The molecule has 6 nitrogen and oxygen atoms in total. The number of amides is 1. The normalized spacial score (nSPS) is 16.7. The van der Waals surface area contributed by atoms with Crippen molar-refractivity contribution in [3.05, 3.63) is 129 Å². The summed E-state index contributed by atoms with van der Waals surface area (Å²) in [7, 11) is 0. The fourth-order valence-corrected chi connectivity index (χ4v) is 5.50. The highest BCUT2D eigenvalue weighted by molar-refractivity contribution is 6.32. The van der Waals surface area contributed by atoms with E-state index in [1.165, 1.54) is 11.0 Å². The molecule has 0 spiro atoms. The van der Waals surface area contributed by atoms with Gasteiger partial charge in [0, 0.05) is 22.1 Å². The number of hydrogen-bond donors (Lipinski definition) is 2. The molecule has 0 saturated heterocycles. The van der Waals surface area contributed by atoms with Crippen LogP contribution in [0.25, 0.3) is 0 Å². The molecule has 1 atom stereocenters. The van der Waals surface area contributed by atoms with Gasteiger partial charge < -0.3 is 19.9 Å². The molecule has 0 saturated carbocycles. The van der Waals surface area contributed by atoms with E-state index >= 15 is 4.39 Å². The van der Waals surface area contributed by atoms with E-state index in [-0.39, 0.29) is 16.7 Å². The summed E-state index contributed by atoms with van der Waals surface area (Å²) in [6, 6.07) is 24.4. The third-order valence-corrected chi connectivity index (χ3v) is 8.28. The number of rotatable bonds is 5. The lowest BCUT2D eigenvalue weighted by atomic mass is 9.85. The molecule has 0 bridgehead atoms. The van der Waals surface area contributed by atoms with Crippen LogP contribution in [0.2, 0.25) is 5.02 Å². The standard InChI is InChI=1S/C28H27FN2O4.C8H9Cl/c1-28(2)14-22-27(35-16-28)26(31(17-32)23-9-6-10-24(33)25(23)30-22)20-12-11-19(13-21(20)29)34-15-18-7-4-3-5-8-18;1-6-4-3-5-7(2)8(6)9/h3-13,17,26,30,33H,14-16H2,1-2H3;3-5H,1-2H3. The van der Waals surface area contributed by atoms with Gasteiger partial charge in [0.25, 0.3) is 0 Å². The van der Waals surface area contributed by atoms with Crippen LogP contribution in [0.4, 0.5) is 15.8 Å². The molecule has 4 aromatic rings. The lowest BCUT2D eigenvalue weighted by molar-refractivity contribution is -0.108. The second-order valence-corrected chi connectivity index (χ2v) is 12.2. The summed E-state index contributed by atoms with van der Waals surface area (Å²) >= 11 is 5.88. The molecule has 228 valence electrons. The first-order valence-electron chi connectivity index (χ1n) is 14.4. The van der Waals surface area contributed by atoms with E-state index in [9.17, 15) is 9.90 Å². The van der Waals surface area contributed by atoms with Gasteiger partial charge in [0.15, 0.2) is 0 Å². The fourth-order valence-electron chi connectivity index (χ4n) is 5.38. The number of ether oxygens (including phenoxy) is 2. The van der Waals surface area contributed by atoms with Crippen LogP contribution >= 0.6 is 11.6 Å². The largest absolute Gasteiger partial charge is 0.506 e. The average molecular weight is 615 g/mol. The monoisotopic (exact) mass is 614 g/mol. The van der Waals surface area contributed by atoms with Crippen molar-refractivity contribution in [2.75, 3.05) is 16.8 Å². The molecule has 0 fully saturated rings. The molecule has 0 radical (unpaired) electrons. The van der Waals surface area contributed by atoms with Gasteiger partial charge in [-0.05, 0) is 61.2 Å². The van der Waals surface area contributed by atoms with Gasteiger partial charge >= 0.3 is 0 Å². The van der Waals surface area contributed by atoms with Crippen molar-refractivity contribution in [3.63, 3.8) is 0 Å². The van der Waals surface area contributed by atoms with Crippen LogP contribution in [0, 0.1) is 25.1 Å². The van der Waals surface area contributed by atoms with Crippen LogP contribution in [0.15, 0.2) is 96.4 Å². The topological polar surface area (TPSA) is 71.0 Å². The molecular weight excluding hydrogens is 579 g/mol. The Morgan fingerprint density at radius 1 is 1.05 bits per heavy atom. The molecule has 44 heavy (non-hydrogen) atoms. The molecule has 1 amide bonds. The number of para-hydroxylation sites is 1. The fraction of sp³-hybridized carbons (Fsp3) is 0.250. The predicted octanol–water partition coefficient (Wildman–Crippen LogP) is 8.85. The van der Waals surface area contributed by atoms with Gasteiger partial charge in [-0.1, -0.05) is 80.0 Å². The molecule has 2 aliphatic rings. The van der Waals surface area contributed by atoms with E-state index in [1.807, 2.05) is 62.4 Å². The summed E-state index contributed by atoms with van der Waals surface area (Å²) in [5.74, 6) is 0.327. The number of allylic oxidation sites excluding steroid dienone is 1. The van der Waals surface area contributed by atoms with Crippen LogP contribution in [0.3, 0.4) is 0 Å². The van der Waals surface area contributed by atoms with Gasteiger partial charge in [-0.2, -0.15) is 0 Å². The number of benzene rings is 4. The Morgan fingerprint density at radius 2 is 1.75 bits per heavy atom. The zero-order valence-electron chi connectivity index (χ0n) is 25.2. The minimum atomic E-state index is -0.850. The van der Waals surface area contributed by atoms with Crippen molar-refractivity contribution >= 4 is 29.4 Å². The Kier molecular flexibility index (Phi) is 9.16. The number of phenolic OH excluding ortho intramolecular Hbond substituents is 1. The number of halogens is 2. The number of hydrogen-bond acceptors (Lipinski definition) is 5. The Morgan fingerprint density at radius 3 is 2.41 bits per heavy atom. The zero-order valence-corrected chi connectivity index (χ0v) is 26.0. The summed E-state index contributed by atoms with van der Waals surface area (Å²) < 4.78 is 27.6. The number of nitrogens with one attached hydrogen (secondary N) is 1. The van der Waals surface area contributed by atoms with E-state index in [0.717, 1.165) is 21.7 Å². The molecular formula is C36H36ClFN2O4. The SMILES string of the molecule is CC1(C)COC2=C(C1)Nc1c(O)cccc1N(C=O)C2c1ccc(OCc2ccccc2)cc1F.Cc1cccc(C)c1Cl. The predicted molar refractivity (Wildman–Crippen MR) is 172 cm³/mol. The molecule has 2 aliphatic heterocycles. The highest BCUT2D eigenvalue weighted by Crippen LogP contribution is 2.49. The Bertz CT molecular complexity index is 1670. The van der Waals surface area contributed by atoms with Crippen molar-refractivity contribution in [2.24, 2.45) is 5.41 Å². The first-order chi connectivity index (χ1) is 21.1. The molecule has 4 aromatic carbocycles. The minimum absolute atomic E-state index is 0.00429. The van der Waals surface area contributed by atoms with E-state index in [1.54, 1.807) is 30.3 Å². The lowest BCUT2D eigenvalue weighted by Crippen LogP contribution is -2.34. The van der Waals surface area contributed by atoms with E-state index in [2.05, 4.69) is 19.2 Å². The molecule has 1 unspecified atom stereocenters. The van der Waals surface area contributed by atoms with Crippen LogP contribution in [0.1, 0.15) is 48.6 Å². The first kappa shape index (κ1) is 31.0. The van der Waals surface area contributed by atoms with Crippen molar-refractivity contribution in [1.82, 2.24) is 0 Å². The molecule has 0 aromatic heterocycles. The highest BCUT2D eigenvalue weighted by Gasteiger charge is 2.40. The Hall–Kier alpha value is -4.49. The molecule has 6 rings (SSSR count). The first-order valence-corrected chi connectivity index (χ1v) is 14.8. The van der Waals surface area contributed by atoms with Crippen molar-refractivity contribution in [1.29, 1.82) is 0 Å². The van der Waals surface area contributed by atoms with Gasteiger partial charge in [0.2, 0.25) is 6.41 Å². The van der Waals surface area contributed by atoms with Crippen LogP contribution in [-0.2, 0) is 16.1 Å². The maximum atomic E-state index is 15.6. The van der Waals surface area contributed by atoms with E-state index in [4.69, 9.17) is 21.1 Å². The number of nitrogens with zero attached hydrogens (tertiary/aromatic N) is 1. The number of aryl methyl sites for hydroxylation is 2. The summed E-state index contributed by atoms with van der Waals surface area (Å²) in [4.78, 5) is 13.8. The zero-order chi connectivity index (χ0) is 31.4. The van der Waals surface area contributed by atoms with Crippen LogP contribution in [0.5, 0.6) is 11.5 Å². The van der Waals surface area contributed by atoms with Crippen molar-refractivity contribution < 1.29 is 23.8 Å². The summed E-state index contributed by atoms with van der Waals surface area (Å²) in [6.07, 6.45) is 1.25. The maximum absolute atomic E-state index is 15.6. The average Bonchev–Trinajstić information content (AvgIpc) is 3.13. The number of carbonyl (C=O) groups is 1. The number of carbonyl (C=O) groups excluding carboxylic acids is 1. The number of aromatic hydroxyl groups is 1. The van der Waals surface area contributed by atoms with Crippen molar-refractivity contribution in [3.8, 4) is 11.5 Å². The summed E-state index contributed by atoms with van der Waals surface area (Å²) in [6.45, 7) is 8.89.